The smallest absolute Gasteiger partial charge is 0.0130 e. The highest BCUT2D eigenvalue weighted by Crippen LogP contribution is 2.06. The average Bonchev–Trinajstić information content (AvgIpc) is 1.89. The lowest BCUT2D eigenvalue weighted by atomic mass is 10.2. The van der Waals surface area contributed by atoms with Crippen molar-refractivity contribution >= 4 is 11.8 Å². The van der Waals surface area contributed by atoms with Gasteiger partial charge in [0.25, 0.3) is 0 Å². The van der Waals surface area contributed by atoms with E-state index < -0.39 is 0 Å². The van der Waals surface area contributed by atoms with Crippen LogP contribution < -0.4 is 5.73 Å². The Bertz CT molecular complexity index is 66.3. The van der Waals surface area contributed by atoms with E-state index in [1.165, 1.54) is 25.0 Å². The van der Waals surface area contributed by atoms with Gasteiger partial charge in [0, 0.05) is 11.8 Å². The van der Waals surface area contributed by atoms with Crippen LogP contribution in [-0.4, -0.2) is 17.5 Å². The molecular weight excluding hydrogens is 142 g/mol. The van der Waals surface area contributed by atoms with Gasteiger partial charge in [-0.2, -0.15) is 11.8 Å². The topological polar surface area (TPSA) is 26.0 Å². The van der Waals surface area contributed by atoms with Gasteiger partial charge in [-0.05, 0) is 18.6 Å². The molecule has 0 saturated heterocycles. The molecule has 0 amide bonds. The maximum Gasteiger partial charge on any atom is 0.0130 e. The zero-order chi connectivity index (χ0) is 7.82. The molecule has 0 rings (SSSR count). The fourth-order valence-corrected chi connectivity index (χ4v) is 1.76. The second-order valence-corrected chi connectivity index (χ2v) is 3.77. The Balaban J connectivity index is 2.97. The highest BCUT2D eigenvalue weighted by Gasteiger charge is 1.98. The van der Waals surface area contributed by atoms with Crippen LogP contribution in [0.1, 0.15) is 33.1 Å². The van der Waals surface area contributed by atoms with E-state index in [1.54, 1.807) is 0 Å². The van der Waals surface area contributed by atoms with Gasteiger partial charge in [0.15, 0.2) is 0 Å². The molecule has 1 atom stereocenters. The van der Waals surface area contributed by atoms with Crippen LogP contribution in [0.4, 0.5) is 0 Å². The highest BCUT2D eigenvalue weighted by atomic mass is 32.2. The van der Waals surface area contributed by atoms with Crippen molar-refractivity contribution in [1.82, 2.24) is 0 Å². The van der Waals surface area contributed by atoms with E-state index in [9.17, 15) is 0 Å². The summed E-state index contributed by atoms with van der Waals surface area (Å²) in [7, 11) is 0. The van der Waals surface area contributed by atoms with Gasteiger partial charge in [-0.3, -0.25) is 0 Å². The van der Waals surface area contributed by atoms with Crippen LogP contribution in [0, 0.1) is 0 Å². The first-order chi connectivity index (χ1) is 4.81. The second kappa shape index (κ2) is 7.42. The van der Waals surface area contributed by atoms with Gasteiger partial charge < -0.3 is 5.73 Å². The largest absolute Gasteiger partial charge is 0.327 e. The Labute approximate surface area is 68.8 Å². The predicted molar refractivity (Wildman–Crippen MR) is 50.5 cm³/mol. The maximum atomic E-state index is 5.80. The van der Waals surface area contributed by atoms with Crippen molar-refractivity contribution in [2.24, 2.45) is 5.73 Å². The highest BCUT2D eigenvalue weighted by molar-refractivity contribution is 7.99. The lowest BCUT2D eigenvalue weighted by molar-refractivity contribution is 0.660. The van der Waals surface area contributed by atoms with E-state index >= 15 is 0 Å². The summed E-state index contributed by atoms with van der Waals surface area (Å²) in [5.74, 6) is 2.40. The predicted octanol–water partition coefficient (Wildman–Crippen LogP) is 2.26. The molecule has 0 radical (unpaired) electrons. The van der Waals surface area contributed by atoms with Crippen molar-refractivity contribution in [2.45, 2.75) is 39.2 Å². The SMILES string of the molecule is CCCSC[C@@H](N)CCC. The third-order valence-corrected chi connectivity index (χ3v) is 2.70. The zero-order valence-electron chi connectivity index (χ0n) is 7.10. The molecule has 62 valence electrons. The molecule has 0 aliphatic rings. The Morgan fingerprint density at radius 2 is 2.00 bits per heavy atom. The summed E-state index contributed by atoms with van der Waals surface area (Å²) in [5.41, 5.74) is 5.80. The summed E-state index contributed by atoms with van der Waals surface area (Å²) in [4.78, 5) is 0. The normalized spacial score (nSPS) is 13.5. The van der Waals surface area contributed by atoms with Crippen LogP contribution in [0.2, 0.25) is 0 Å². The van der Waals surface area contributed by atoms with E-state index in [0.717, 1.165) is 5.75 Å². The second-order valence-electron chi connectivity index (χ2n) is 2.62. The Kier molecular flexibility index (Phi) is 7.65. The van der Waals surface area contributed by atoms with E-state index in [-0.39, 0.29) is 0 Å². The minimum Gasteiger partial charge on any atom is -0.327 e. The minimum absolute atomic E-state index is 0.432. The molecule has 0 heterocycles. The summed E-state index contributed by atoms with van der Waals surface area (Å²) >= 11 is 1.98. The molecule has 10 heavy (non-hydrogen) atoms. The van der Waals surface area contributed by atoms with Crippen molar-refractivity contribution < 1.29 is 0 Å². The third-order valence-electron chi connectivity index (χ3n) is 1.34. The first-order valence-corrected chi connectivity index (χ1v) is 5.30. The van der Waals surface area contributed by atoms with Gasteiger partial charge in [-0.1, -0.05) is 20.3 Å². The molecule has 0 bridgehead atoms. The summed E-state index contributed by atoms with van der Waals surface area (Å²) in [6.07, 6.45) is 3.66. The Morgan fingerprint density at radius 1 is 1.30 bits per heavy atom. The van der Waals surface area contributed by atoms with Crippen molar-refractivity contribution in [3.63, 3.8) is 0 Å². The number of hydrogen-bond donors (Lipinski definition) is 1. The summed E-state index contributed by atoms with van der Waals surface area (Å²) in [6, 6.07) is 0.432. The van der Waals surface area contributed by atoms with Crippen LogP contribution in [0.25, 0.3) is 0 Å². The van der Waals surface area contributed by atoms with Gasteiger partial charge in [-0.25, -0.2) is 0 Å². The molecule has 0 saturated carbocycles. The van der Waals surface area contributed by atoms with Gasteiger partial charge in [0.1, 0.15) is 0 Å². The van der Waals surface area contributed by atoms with Crippen LogP contribution in [-0.2, 0) is 0 Å². The monoisotopic (exact) mass is 161 g/mol. The first kappa shape index (κ1) is 10.3. The molecule has 0 aromatic heterocycles. The molecule has 0 aliphatic carbocycles. The fraction of sp³-hybridized carbons (Fsp3) is 1.00. The molecule has 0 aromatic rings. The van der Waals surface area contributed by atoms with Gasteiger partial charge in [-0.15, -0.1) is 0 Å². The van der Waals surface area contributed by atoms with Gasteiger partial charge in [0.2, 0.25) is 0 Å². The van der Waals surface area contributed by atoms with Crippen LogP contribution in [0.5, 0.6) is 0 Å². The number of hydrogen-bond acceptors (Lipinski definition) is 2. The maximum absolute atomic E-state index is 5.80. The fourth-order valence-electron chi connectivity index (χ4n) is 0.833. The van der Waals surface area contributed by atoms with Crippen molar-refractivity contribution in [3.8, 4) is 0 Å². The molecule has 2 heteroatoms. The minimum atomic E-state index is 0.432. The molecule has 0 aromatic carbocycles. The summed E-state index contributed by atoms with van der Waals surface area (Å²) < 4.78 is 0. The first-order valence-electron chi connectivity index (χ1n) is 4.14. The summed E-state index contributed by atoms with van der Waals surface area (Å²) in [5, 5.41) is 0. The molecule has 0 spiro atoms. The van der Waals surface area contributed by atoms with Gasteiger partial charge in [0.05, 0.1) is 0 Å². The molecule has 0 fully saturated rings. The number of thioether (sulfide) groups is 1. The van der Waals surface area contributed by atoms with Crippen molar-refractivity contribution in [3.05, 3.63) is 0 Å². The van der Waals surface area contributed by atoms with Crippen LogP contribution in [0.15, 0.2) is 0 Å². The number of nitrogens with two attached hydrogens (primary N) is 1. The van der Waals surface area contributed by atoms with E-state index in [1.807, 2.05) is 11.8 Å². The Morgan fingerprint density at radius 3 is 2.50 bits per heavy atom. The molecular formula is C8H19NS. The third kappa shape index (κ3) is 6.43. The van der Waals surface area contributed by atoms with Crippen molar-refractivity contribution in [1.29, 1.82) is 0 Å². The van der Waals surface area contributed by atoms with Gasteiger partial charge >= 0.3 is 0 Å². The van der Waals surface area contributed by atoms with Crippen LogP contribution >= 0.6 is 11.8 Å². The van der Waals surface area contributed by atoms with Crippen LogP contribution in [0.3, 0.4) is 0 Å². The zero-order valence-corrected chi connectivity index (χ0v) is 7.91. The lowest BCUT2D eigenvalue weighted by Gasteiger charge is -2.08. The molecule has 0 aliphatic heterocycles. The van der Waals surface area contributed by atoms with Crippen molar-refractivity contribution in [2.75, 3.05) is 11.5 Å². The molecule has 0 unspecified atom stereocenters. The molecule has 2 N–H and O–H groups in total. The number of rotatable bonds is 6. The van der Waals surface area contributed by atoms with E-state index in [4.69, 9.17) is 5.73 Å². The average molecular weight is 161 g/mol. The molecule has 1 nitrogen and oxygen atoms in total. The summed E-state index contributed by atoms with van der Waals surface area (Å²) in [6.45, 7) is 4.39. The standard InChI is InChI=1S/C8H19NS/c1-3-5-8(9)7-10-6-4-2/h8H,3-7,9H2,1-2H3/t8-/m0/s1. The van der Waals surface area contributed by atoms with E-state index in [0.29, 0.717) is 6.04 Å². The Hall–Kier alpha value is 0.310. The quantitative estimate of drug-likeness (QED) is 0.605. The lowest BCUT2D eigenvalue weighted by Crippen LogP contribution is -2.22. The van der Waals surface area contributed by atoms with E-state index in [2.05, 4.69) is 13.8 Å².